The van der Waals surface area contributed by atoms with E-state index < -0.39 is 0 Å². The maximum absolute atomic E-state index is 6.02. The Labute approximate surface area is 102 Å². The maximum Gasteiger partial charge on any atom is 0.222 e. The molecule has 0 aliphatic carbocycles. The molecule has 0 spiro atoms. The first-order valence-electron chi connectivity index (χ1n) is 4.10. The van der Waals surface area contributed by atoms with Gasteiger partial charge in [-0.25, -0.2) is 9.97 Å². The first kappa shape index (κ1) is 10.7. The van der Waals surface area contributed by atoms with Crippen molar-refractivity contribution in [1.82, 2.24) is 9.97 Å². The van der Waals surface area contributed by atoms with E-state index in [0.29, 0.717) is 10.0 Å². The zero-order chi connectivity index (χ0) is 10.8. The molecule has 0 atom stereocenters. The van der Waals surface area contributed by atoms with E-state index in [4.69, 9.17) is 34.8 Å². The van der Waals surface area contributed by atoms with Crippen LogP contribution in [0.3, 0.4) is 0 Å². The highest BCUT2D eigenvalue weighted by molar-refractivity contribution is 6.35. The Kier molecular flexibility index (Phi) is 3.10. The van der Waals surface area contributed by atoms with Crippen LogP contribution in [-0.2, 0) is 0 Å². The predicted octanol–water partition coefficient (Wildman–Crippen LogP) is 4.10. The predicted molar refractivity (Wildman–Crippen MR) is 62.5 cm³/mol. The summed E-state index contributed by atoms with van der Waals surface area (Å²) in [7, 11) is 0. The van der Waals surface area contributed by atoms with Gasteiger partial charge in [-0.15, -0.1) is 0 Å². The van der Waals surface area contributed by atoms with Crippen LogP contribution in [0.5, 0.6) is 0 Å². The number of rotatable bonds is 1. The van der Waals surface area contributed by atoms with Crippen molar-refractivity contribution in [2.24, 2.45) is 0 Å². The van der Waals surface area contributed by atoms with E-state index in [1.807, 2.05) is 0 Å². The summed E-state index contributed by atoms with van der Waals surface area (Å²) in [6, 6.07) is 5.22. The average molecular weight is 260 g/mol. The fraction of sp³-hybridized carbons (Fsp3) is 0. The van der Waals surface area contributed by atoms with Crippen LogP contribution in [0, 0.1) is 0 Å². The summed E-state index contributed by atoms with van der Waals surface area (Å²) >= 11 is 17.5. The molecule has 0 unspecified atom stereocenters. The molecule has 1 aromatic heterocycles. The molecule has 0 bridgehead atoms. The molecule has 0 aliphatic rings. The smallest absolute Gasteiger partial charge is 0.222 e. The zero-order valence-electron chi connectivity index (χ0n) is 7.42. The second-order valence-corrected chi connectivity index (χ2v) is 4.05. The maximum atomic E-state index is 6.02. The van der Waals surface area contributed by atoms with Crippen molar-refractivity contribution >= 4 is 34.8 Å². The minimum atomic E-state index is 0.205. The topological polar surface area (TPSA) is 25.8 Å². The molecule has 2 rings (SSSR count). The third-order valence-corrected chi connectivity index (χ3v) is 2.62. The Balaban J connectivity index is 2.53. The second-order valence-electron chi connectivity index (χ2n) is 2.86. The van der Waals surface area contributed by atoms with Gasteiger partial charge >= 0.3 is 0 Å². The summed E-state index contributed by atoms with van der Waals surface area (Å²) in [5.41, 5.74) is 1.58. The van der Waals surface area contributed by atoms with E-state index in [2.05, 4.69) is 9.97 Å². The van der Waals surface area contributed by atoms with Crippen molar-refractivity contribution in [3.8, 4) is 11.1 Å². The van der Waals surface area contributed by atoms with Crippen molar-refractivity contribution in [1.29, 1.82) is 0 Å². The van der Waals surface area contributed by atoms with Gasteiger partial charge in [-0.05, 0) is 29.8 Å². The minimum absolute atomic E-state index is 0.205. The Morgan fingerprint density at radius 1 is 0.933 bits per heavy atom. The highest BCUT2D eigenvalue weighted by Crippen LogP contribution is 2.29. The van der Waals surface area contributed by atoms with Crippen LogP contribution in [0.2, 0.25) is 15.3 Å². The monoisotopic (exact) mass is 258 g/mol. The molecule has 0 amide bonds. The molecule has 2 aromatic rings. The second kappa shape index (κ2) is 4.35. The Bertz CT molecular complexity index is 483. The first-order chi connectivity index (χ1) is 7.16. The molecule has 0 saturated heterocycles. The molecule has 0 saturated carbocycles. The van der Waals surface area contributed by atoms with Gasteiger partial charge < -0.3 is 0 Å². The van der Waals surface area contributed by atoms with Crippen LogP contribution in [0.4, 0.5) is 0 Å². The highest BCUT2D eigenvalue weighted by atomic mass is 35.5. The van der Waals surface area contributed by atoms with Gasteiger partial charge in [-0.1, -0.05) is 23.2 Å². The summed E-state index contributed by atoms with van der Waals surface area (Å²) in [4.78, 5) is 7.76. The van der Waals surface area contributed by atoms with Gasteiger partial charge in [0.1, 0.15) is 0 Å². The number of aromatic nitrogens is 2. The molecule has 76 valence electrons. The lowest BCUT2D eigenvalue weighted by molar-refractivity contribution is 1.17. The molecule has 15 heavy (non-hydrogen) atoms. The molecule has 2 nitrogen and oxygen atoms in total. The number of halogens is 3. The van der Waals surface area contributed by atoms with E-state index in [9.17, 15) is 0 Å². The quantitative estimate of drug-likeness (QED) is 0.721. The number of hydrogen-bond donors (Lipinski definition) is 0. The normalized spacial score (nSPS) is 10.3. The summed E-state index contributed by atoms with van der Waals surface area (Å²) in [5.74, 6) is 0. The number of nitrogens with zero attached hydrogens (tertiary/aromatic N) is 2. The molecular formula is C10H5Cl3N2. The van der Waals surface area contributed by atoms with Crippen molar-refractivity contribution < 1.29 is 0 Å². The van der Waals surface area contributed by atoms with Crippen molar-refractivity contribution in [2.75, 3.05) is 0 Å². The van der Waals surface area contributed by atoms with Gasteiger partial charge in [-0.2, -0.15) is 0 Å². The summed E-state index contributed by atoms with van der Waals surface area (Å²) in [6.45, 7) is 0. The lowest BCUT2D eigenvalue weighted by Crippen LogP contribution is -1.85. The van der Waals surface area contributed by atoms with Gasteiger partial charge in [0.2, 0.25) is 5.28 Å². The third kappa shape index (κ3) is 2.40. The number of hydrogen-bond acceptors (Lipinski definition) is 2. The van der Waals surface area contributed by atoms with Gasteiger partial charge in [0.25, 0.3) is 0 Å². The van der Waals surface area contributed by atoms with E-state index in [1.165, 1.54) is 0 Å². The first-order valence-corrected chi connectivity index (χ1v) is 5.23. The van der Waals surface area contributed by atoms with E-state index >= 15 is 0 Å². The van der Waals surface area contributed by atoms with Crippen molar-refractivity contribution in [3.63, 3.8) is 0 Å². The van der Waals surface area contributed by atoms with Gasteiger partial charge in [0, 0.05) is 33.6 Å². The SMILES string of the molecule is Clc1ccc(Cl)c(-c2cnc(Cl)nc2)c1. The highest BCUT2D eigenvalue weighted by Gasteiger charge is 2.05. The minimum Gasteiger partial charge on any atom is -0.226 e. The van der Waals surface area contributed by atoms with E-state index in [1.54, 1.807) is 30.6 Å². The fourth-order valence-electron chi connectivity index (χ4n) is 1.17. The molecule has 0 fully saturated rings. The molecule has 1 heterocycles. The molecule has 0 radical (unpaired) electrons. The molecule has 5 heteroatoms. The Morgan fingerprint density at radius 3 is 2.27 bits per heavy atom. The number of benzene rings is 1. The van der Waals surface area contributed by atoms with Gasteiger partial charge in [0.05, 0.1) is 0 Å². The molecule has 1 aromatic carbocycles. The van der Waals surface area contributed by atoms with Crippen LogP contribution in [-0.4, -0.2) is 9.97 Å². The van der Waals surface area contributed by atoms with E-state index in [-0.39, 0.29) is 5.28 Å². The summed E-state index contributed by atoms with van der Waals surface area (Å²) in [6.07, 6.45) is 3.21. The lowest BCUT2D eigenvalue weighted by Gasteiger charge is -2.03. The van der Waals surface area contributed by atoms with Crippen molar-refractivity contribution in [3.05, 3.63) is 45.9 Å². The lowest BCUT2D eigenvalue weighted by atomic mass is 10.1. The average Bonchev–Trinajstić information content (AvgIpc) is 2.23. The van der Waals surface area contributed by atoms with Crippen LogP contribution < -0.4 is 0 Å². The summed E-state index contributed by atoms with van der Waals surface area (Å²) in [5, 5.41) is 1.42. The largest absolute Gasteiger partial charge is 0.226 e. The van der Waals surface area contributed by atoms with Crippen LogP contribution in [0.25, 0.3) is 11.1 Å². The molecule has 0 N–H and O–H groups in total. The Hall–Kier alpha value is -0.830. The standard InChI is InChI=1S/C10H5Cl3N2/c11-7-1-2-9(12)8(3-7)6-4-14-10(13)15-5-6/h1-5H. The Morgan fingerprint density at radius 2 is 1.60 bits per heavy atom. The molecular weight excluding hydrogens is 254 g/mol. The molecule has 0 aliphatic heterocycles. The summed E-state index contributed by atoms with van der Waals surface area (Å²) < 4.78 is 0. The van der Waals surface area contributed by atoms with E-state index in [0.717, 1.165) is 11.1 Å². The van der Waals surface area contributed by atoms with Crippen LogP contribution >= 0.6 is 34.8 Å². The zero-order valence-corrected chi connectivity index (χ0v) is 9.68. The van der Waals surface area contributed by atoms with Gasteiger partial charge in [-0.3, -0.25) is 0 Å². The van der Waals surface area contributed by atoms with Crippen molar-refractivity contribution in [2.45, 2.75) is 0 Å². The van der Waals surface area contributed by atoms with Gasteiger partial charge in [0.15, 0.2) is 0 Å². The fourth-order valence-corrected chi connectivity index (χ4v) is 1.67. The van der Waals surface area contributed by atoms with Crippen LogP contribution in [0.15, 0.2) is 30.6 Å². The third-order valence-electron chi connectivity index (χ3n) is 1.86. The van der Waals surface area contributed by atoms with Crippen LogP contribution in [0.1, 0.15) is 0 Å².